The summed E-state index contributed by atoms with van der Waals surface area (Å²) in [7, 11) is 1.57. The summed E-state index contributed by atoms with van der Waals surface area (Å²) in [5.74, 6) is -0.918. The molecule has 1 fully saturated rings. The highest BCUT2D eigenvalue weighted by molar-refractivity contribution is 6.46. The lowest BCUT2D eigenvalue weighted by Gasteiger charge is -2.27. The Hall–Kier alpha value is -3.91. The lowest BCUT2D eigenvalue weighted by molar-refractivity contribution is -0.140. The highest BCUT2D eigenvalue weighted by Gasteiger charge is 2.46. The molecule has 1 amide bonds. The third kappa shape index (κ3) is 5.15. The Balaban J connectivity index is 1.78. The average molecular weight is 503 g/mol. The van der Waals surface area contributed by atoms with Crippen molar-refractivity contribution in [2.45, 2.75) is 33.2 Å². The Morgan fingerprint density at radius 1 is 1.08 bits per heavy atom. The van der Waals surface area contributed by atoms with Crippen molar-refractivity contribution in [2.24, 2.45) is 0 Å². The zero-order valence-electron chi connectivity index (χ0n) is 21.8. The van der Waals surface area contributed by atoms with Crippen molar-refractivity contribution in [3.8, 4) is 11.4 Å². The van der Waals surface area contributed by atoms with E-state index in [-0.39, 0.29) is 11.3 Å². The minimum absolute atomic E-state index is 0.0665. The van der Waals surface area contributed by atoms with Crippen LogP contribution in [0.3, 0.4) is 0 Å². The third-order valence-corrected chi connectivity index (χ3v) is 6.98. The molecule has 1 aliphatic heterocycles. The SMILES string of the molecule is CCN(CC)CCCN1C(=O)C(=O)C(=C(O)c2cnn(-c3ccccc3)c2C)C1c1cccc(OC)c1. The van der Waals surface area contributed by atoms with Gasteiger partial charge in [0.05, 0.1) is 41.9 Å². The van der Waals surface area contributed by atoms with Crippen molar-refractivity contribution in [3.05, 3.63) is 83.2 Å². The van der Waals surface area contributed by atoms with E-state index < -0.39 is 17.7 Å². The number of carbonyl (C=O) groups excluding carboxylic acids is 2. The van der Waals surface area contributed by atoms with Crippen LogP contribution in [0.2, 0.25) is 0 Å². The van der Waals surface area contributed by atoms with E-state index >= 15 is 0 Å². The Morgan fingerprint density at radius 3 is 2.49 bits per heavy atom. The van der Waals surface area contributed by atoms with Gasteiger partial charge in [0.1, 0.15) is 11.5 Å². The van der Waals surface area contributed by atoms with Crippen LogP contribution in [-0.4, -0.2) is 69.7 Å². The second kappa shape index (κ2) is 11.4. The van der Waals surface area contributed by atoms with Gasteiger partial charge < -0.3 is 19.6 Å². The number of hydrogen-bond donors (Lipinski definition) is 1. The highest BCUT2D eigenvalue weighted by Crippen LogP contribution is 2.40. The van der Waals surface area contributed by atoms with E-state index in [0.29, 0.717) is 35.5 Å². The number of hydrogen-bond acceptors (Lipinski definition) is 6. The minimum atomic E-state index is -0.730. The van der Waals surface area contributed by atoms with Crippen LogP contribution in [-0.2, 0) is 9.59 Å². The summed E-state index contributed by atoms with van der Waals surface area (Å²) in [4.78, 5) is 30.5. The summed E-state index contributed by atoms with van der Waals surface area (Å²) in [6, 6.07) is 16.1. The molecule has 1 unspecified atom stereocenters. The molecule has 0 aliphatic carbocycles. The number of likely N-dealkylation sites (tertiary alicyclic amines) is 1. The number of ketones is 1. The first-order chi connectivity index (χ1) is 17.9. The molecule has 1 aromatic heterocycles. The second-order valence-electron chi connectivity index (χ2n) is 9.04. The fourth-order valence-corrected chi connectivity index (χ4v) is 4.89. The fourth-order valence-electron chi connectivity index (χ4n) is 4.89. The lowest BCUT2D eigenvalue weighted by Crippen LogP contribution is -2.33. The van der Waals surface area contributed by atoms with Crippen LogP contribution in [0, 0.1) is 6.92 Å². The maximum atomic E-state index is 13.4. The summed E-state index contributed by atoms with van der Waals surface area (Å²) < 4.78 is 7.11. The van der Waals surface area contributed by atoms with Gasteiger partial charge in [-0.2, -0.15) is 5.10 Å². The molecule has 1 saturated heterocycles. The standard InChI is InChI=1S/C29H34N4O4/c1-5-31(6-2)16-11-17-32-26(21-12-10-15-23(18-21)37-4)25(28(35)29(32)36)27(34)24-19-30-33(20(24)3)22-13-8-7-9-14-22/h7-10,12-15,18-19,26,34H,5-6,11,16-17H2,1-4H3. The van der Waals surface area contributed by atoms with Gasteiger partial charge in [0.2, 0.25) is 0 Å². The Morgan fingerprint density at radius 2 is 1.81 bits per heavy atom. The maximum Gasteiger partial charge on any atom is 0.295 e. The van der Waals surface area contributed by atoms with Crippen LogP contribution in [0.1, 0.15) is 43.1 Å². The van der Waals surface area contributed by atoms with Gasteiger partial charge in [-0.15, -0.1) is 0 Å². The molecule has 0 bridgehead atoms. The number of para-hydroxylation sites is 1. The number of benzene rings is 2. The zero-order valence-corrected chi connectivity index (χ0v) is 21.8. The van der Waals surface area contributed by atoms with E-state index in [0.717, 1.165) is 25.3 Å². The first-order valence-corrected chi connectivity index (χ1v) is 12.7. The number of carbonyl (C=O) groups is 2. The average Bonchev–Trinajstić information content (AvgIpc) is 3.43. The van der Waals surface area contributed by atoms with Gasteiger partial charge in [0.15, 0.2) is 0 Å². The van der Waals surface area contributed by atoms with Crippen molar-refractivity contribution < 1.29 is 19.4 Å². The maximum absolute atomic E-state index is 13.4. The molecule has 0 saturated carbocycles. The minimum Gasteiger partial charge on any atom is -0.507 e. The molecular weight excluding hydrogens is 468 g/mol. The smallest absolute Gasteiger partial charge is 0.295 e. The number of rotatable bonds is 10. The molecule has 8 heteroatoms. The van der Waals surface area contributed by atoms with E-state index in [1.54, 1.807) is 16.7 Å². The highest BCUT2D eigenvalue weighted by atomic mass is 16.5. The van der Waals surface area contributed by atoms with Crippen LogP contribution in [0.15, 0.2) is 66.4 Å². The van der Waals surface area contributed by atoms with Crippen molar-refractivity contribution in [3.63, 3.8) is 0 Å². The van der Waals surface area contributed by atoms with Crippen LogP contribution in [0.4, 0.5) is 0 Å². The zero-order chi connectivity index (χ0) is 26.5. The summed E-state index contributed by atoms with van der Waals surface area (Å²) in [5, 5.41) is 15.9. The number of amides is 1. The topological polar surface area (TPSA) is 87.9 Å². The molecule has 0 spiro atoms. The molecule has 1 aliphatic rings. The van der Waals surface area contributed by atoms with E-state index in [2.05, 4.69) is 23.8 Å². The van der Waals surface area contributed by atoms with E-state index in [9.17, 15) is 14.7 Å². The van der Waals surface area contributed by atoms with Crippen LogP contribution in [0.5, 0.6) is 5.75 Å². The summed E-state index contributed by atoms with van der Waals surface area (Å²) in [5.41, 5.74) is 2.69. The molecule has 2 aromatic carbocycles. The molecule has 8 nitrogen and oxygen atoms in total. The van der Waals surface area contributed by atoms with Gasteiger partial charge >= 0.3 is 0 Å². The van der Waals surface area contributed by atoms with Gasteiger partial charge in [0, 0.05) is 6.54 Å². The lowest BCUT2D eigenvalue weighted by atomic mass is 9.95. The van der Waals surface area contributed by atoms with E-state index in [4.69, 9.17) is 4.74 Å². The van der Waals surface area contributed by atoms with E-state index in [1.807, 2.05) is 61.5 Å². The van der Waals surface area contributed by atoms with Gasteiger partial charge in [-0.25, -0.2) is 4.68 Å². The largest absolute Gasteiger partial charge is 0.507 e. The number of Topliss-reactive ketones (excluding diaryl/α,β-unsaturated/α-hetero) is 1. The molecule has 3 aromatic rings. The normalized spacial score (nSPS) is 17.1. The molecule has 2 heterocycles. The van der Waals surface area contributed by atoms with Crippen molar-refractivity contribution in [1.82, 2.24) is 19.6 Å². The van der Waals surface area contributed by atoms with Crippen molar-refractivity contribution in [1.29, 1.82) is 0 Å². The number of aliphatic hydroxyl groups is 1. The number of aromatic nitrogens is 2. The summed E-state index contributed by atoms with van der Waals surface area (Å²) in [6.45, 7) is 9.06. The second-order valence-corrected chi connectivity index (χ2v) is 9.04. The van der Waals surface area contributed by atoms with E-state index in [1.165, 1.54) is 6.20 Å². The number of aliphatic hydroxyl groups excluding tert-OH is 1. The van der Waals surface area contributed by atoms with Crippen molar-refractivity contribution in [2.75, 3.05) is 33.3 Å². The van der Waals surface area contributed by atoms with Gasteiger partial charge in [-0.3, -0.25) is 9.59 Å². The number of methoxy groups -OCH3 is 1. The predicted octanol–water partition coefficient (Wildman–Crippen LogP) is 4.34. The molecule has 0 radical (unpaired) electrons. The Labute approximate surface area is 217 Å². The molecule has 1 atom stereocenters. The molecule has 4 rings (SSSR count). The number of nitrogens with zero attached hydrogens (tertiary/aromatic N) is 4. The fraction of sp³-hybridized carbons (Fsp3) is 0.345. The predicted molar refractivity (Wildman–Crippen MR) is 143 cm³/mol. The van der Waals surface area contributed by atoms with Gasteiger partial charge in [-0.1, -0.05) is 44.2 Å². The quantitative estimate of drug-likeness (QED) is 0.252. The van der Waals surface area contributed by atoms with Crippen molar-refractivity contribution >= 4 is 17.4 Å². The Kier molecular flexibility index (Phi) is 8.08. The molecular formula is C29H34N4O4. The van der Waals surface area contributed by atoms with Gasteiger partial charge in [-0.05, 0) is 62.8 Å². The molecule has 194 valence electrons. The first-order valence-electron chi connectivity index (χ1n) is 12.7. The van der Waals surface area contributed by atoms with Gasteiger partial charge in [0.25, 0.3) is 11.7 Å². The monoisotopic (exact) mass is 502 g/mol. The van der Waals surface area contributed by atoms with Crippen LogP contribution in [0.25, 0.3) is 11.4 Å². The first kappa shape index (κ1) is 26.2. The molecule has 37 heavy (non-hydrogen) atoms. The van der Waals surface area contributed by atoms with Crippen LogP contribution >= 0.6 is 0 Å². The molecule has 1 N–H and O–H groups in total. The number of ether oxygens (including phenoxy) is 1. The third-order valence-electron chi connectivity index (χ3n) is 6.98. The Bertz CT molecular complexity index is 1290. The summed E-state index contributed by atoms with van der Waals surface area (Å²) >= 11 is 0. The van der Waals surface area contributed by atoms with Crippen LogP contribution < -0.4 is 4.74 Å². The summed E-state index contributed by atoms with van der Waals surface area (Å²) in [6.07, 6.45) is 2.24.